The average Bonchev–Trinajstić information content (AvgIpc) is 2.51. The fourth-order valence-corrected chi connectivity index (χ4v) is 3.07. The van der Waals surface area contributed by atoms with Crippen molar-refractivity contribution in [2.45, 2.75) is 45.6 Å². The maximum atomic E-state index is 5.29. The number of ether oxygens (including phenoxy) is 1. The highest BCUT2D eigenvalue weighted by Crippen LogP contribution is 2.29. The Morgan fingerprint density at radius 2 is 2.10 bits per heavy atom. The average molecular weight is 276 g/mol. The molecule has 0 saturated heterocycles. The Bertz CT molecular complexity index is 415. The first-order valence-corrected chi connectivity index (χ1v) is 7.92. The summed E-state index contributed by atoms with van der Waals surface area (Å²) in [5, 5.41) is 3.53. The van der Waals surface area contributed by atoms with Gasteiger partial charge in [0, 0.05) is 37.6 Å². The Morgan fingerprint density at radius 1 is 1.30 bits per heavy atom. The molecule has 112 valence electrons. The molecular weight excluding hydrogens is 248 g/mol. The number of hydrogen-bond acceptors (Lipinski definition) is 3. The molecule has 3 heteroatoms. The Hall–Kier alpha value is -1.22. The van der Waals surface area contributed by atoms with E-state index in [-0.39, 0.29) is 0 Å². The molecule has 3 nitrogen and oxygen atoms in total. The van der Waals surface area contributed by atoms with Crippen LogP contribution in [0.15, 0.2) is 18.2 Å². The molecule has 1 heterocycles. The molecule has 0 unspecified atom stereocenters. The maximum absolute atomic E-state index is 5.29. The zero-order valence-electron chi connectivity index (χ0n) is 13.1. The standard InChI is InChI=1S/C17H28N2O/c1-4-15(5-2)19(11-12-20-3)16-9-8-14-7-6-10-18-17(14)13-16/h8-9,13,15,18H,4-7,10-12H2,1-3H3. The van der Waals surface area contributed by atoms with E-state index in [1.54, 1.807) is 7.11 Å². The van der Waals surface area contributed by atoms with Gasteiger partial charge in [-0.2, -0.15) is 0 Å². The quantitative estimate of drug-likeness (QED) is 0.822. The number of methoxy groups -OCH3 is 1. The zero-order chi connectivity index (χ0) is 14.4. The SMILES string of the molecule is CCC(CC)N(CCOC)c1ccc2c(c1)NCCC2. The van der Waals surface area contributed by atoms with Gasteiger partial charge in [0.2, 0.25) is 0 Å². The van der Waals surface area contributed by atoms with Crippen LogP contribution in [0.4, 0.5) is 11.4 Å². The Morgan fingerprint density at radius 3 is 2.80 bits per heavy atom. The van der Waals surface area contributed by atoms with E-state index < -0.39 is 0 Å². The molecule has 0 atom stereocenters. The zero-order valence-corrected chi connectivity index (χ0v) is 13.1. The van der Waals surface area contributed by atoms with Crippen LogP contribution in [0.3, 0.4) is 0 Å². The summed E-state index contributed by atoms with van der Waals surface area (Å²) >= 11 is 0. The first-order chi connectivity index (χ1) is 9.80. The molecule has 1 aliphatic heterocycles. The number of anilines is 2. The van der Waals surface area contributed by atoms with Crippen molar-refractivity contribution in [1.29, 1.82) is 0 Å². The molecule has 0 aromatic heterocycles. The highest BCUT2D eigenvalue weighted by Gasteiger charge is 2.17. The van der Waals surface area contributed by atoms with Gasteiger partial charge in [-0.25, -0.2) is 0 Å². The fourth-order valence-electron chi connectivity index (χ4n) is 3.07. The monoisotopic (exact) mass is 276 g/mol. The number of nitrogens with zero attached hydrogens (tertiary/aromatic N) is 1. The van der Waals surface area contributed by atoms with Gasteiger partial charge in [0.05, 0.1) is 6.61 Å². The third kappa shape index (κ3) is 3.45. The van der Waals surface area contributed by atoms with Gasteiger partial charge < -0.3 is 15.0 Å². The summed E-state index contributed by atoms with van der Waals surface area (Å²) in [6.45, 7) is 7.37. The highest BCUT2D eigenvalue weighted by molar-refractivity contribution is 5.63. The van der Waals surface area contributed by atoms with E-state index in [0.29, 0.717) is 6.04 Å². The number of nitrogens with one attached hydrogen (secondary N) is 1. The molecular formula is C17H28N2O. The molecule has 2 rings (SSSR count). The van der Waals surface area contributed by atoms with E-state index in [0.717, 1.165) is 19.7 Å². The number of fused-ring (bicyclic) bond motifs is 1. The summed E-state index contributed by atoms with van der Waals surface area (Å²) in [5.74, 6) is 0. The molecule has 0 bridgehead atoms. The largest absolute Gasteiger partial charge is 0.385 e. The second-order valence-corrected chi connectivity index (χ2v) is 5.53. The normalized spacial score (nSPS) is 14.0. The molecule has 0 amide bonds. The van der Waals surface area contributed by atoms with Gasteiger partial charge >= 0.3 is 0 Å². The lowest BCUT2D eigenvalue weighted by Gasteiger charge is -2.33. The first-order valence-electron chi connectivity index (χ1n) is 7.92. The van der Waals surface area contributed by atoms with E-state index in [1.165, 1.54) is 42.6 Å². The van der Waals surface area contributed by atoms with E-state index in [1.807, 2.05) is 0 Å². The van der Waals surface area contributed by atoms with Gasteiger partial charge in [-0.05, 0) is 43.4 Å². The number of benzene rings is 1. The van der Waals surface area contributed by atoms with Crippen molar-refractivity contribution in [2.75, 3.05) is 37.0 Å². The van der Waals surface area contributed by atoms with Crippen molar-refractivity contribution < 1.29 is 4.74 Å². The van der Waals surface area contributed by atoms with Crippen molar-refractivity contribution in [1.82, 2.24) is 0 Å². The summed E-state index contributed by atoms with van der Waals surface area (Å²) in [4.78, 5) is 2.50. The predicted octanol–water partition coefficient (Wildman–Crippen LogP) is 3.69. The van der Waals surface area contributed by atoms with Crippen molar-refractivity contribution in [3.05, 3.63) is 23.8 Å². The number of rotatable bonds is 7. The number of hydrogen-bond donors (Lipinski definition) is 1. The van der Waals surface area contributed by atoms with Crippen LogP contribution in [0.25, 0.3) is 0 Å². The van der Waals surface area contributed by atoms with Gasteiger partial charge in [-0.3, -0.25) is 0 Å². The van der Waals surface area contributed by atoms with E-state index >= 15 is 0 Å². The summed E-state index contributed by atoms with van der Waals surface area (Å²) < 4.78 is 5.29. The molecule has 0 radical (unpaired) electrons. The van der Waals surface area contributed by atoms with Crippen molar-refractivity contribution in [3.63, 3.8) is 0 Å². The van der Waals surface area contributed by atoms with Crippen LogP contribution in [0.1, 0.15) is 38.7 Å². The Balaban J connectivity index is 2.22. The van der Waals surface area contributed by atoms with E-state index in [2.05, 4.69) is 42.3 Å². The van der Waals surface area contributed by atoms with Crippen LogP contribution in [0.2, 0.25) is 0 Å². The minimum atomic E-state index is 0.590. The molecule has 0 saturated carbocycles. The van der Waals surface area contributed by atoms with Gasteiger partial charge in [-0.1, -0.05) is 19.9 Å². The molecule has 1 aliphatic rings. The summed E-state index contributed by atoms with van der Waals surface area (Å²) in [7, 11) is 1.78. The van der Waals surface area contributed by atoms with Gasteiger partial charge in [-0.15, -0.1) is 0 Å². The Labute approximate surface area is 123 Å². The lowest BCUT2D eigenvalue weighted by Crippen LogP contribution is -2.37. The topological polar surface area (TPSA) is 24.5 Å². The Kier molecular flexibility index (Phi) is 5.72. The maximum Gasteiger partial charge on any atom is 0.0637 e. The van der Waals surface area contributed by atoms with Crippen LogP contribution in [-0.4, -0.2) is 32.8 Å². The molecule has 0 aliphatic carbocycles. The van der Waals surface area contributed by atoms with Gasteiger partial charge in [0.1, 0.15) is 0 Å². The summed E-state index contributed by atoms with van der Waals surface area (Å²) in [5.41, 5.74) is 4.10. The second-order valence-electron chi connectivity index (χ2n) is 5.53. The minimum Gasteiger partial charge on any atom is -0.385 e. The third-order valence-electron chi connectivity index (χ3n) is 4.28. The highest BCUT2D eigenvalue weighted by atomic mass is 16.5. The lowest BCUT2D eigenvalue weighted by molar-refractivity contribution is 0.202. The van der Waals surface area contributed by atoms with Crippen LogP contribution in [0, 0.1) is 0 Å². The van der Waals surface area contributed by atoms with Crippen LogP contribution >= 0.6 is 0 Å². The lowest BCUT2D eigenvalue weighted by atomic mass is 10.0. The first kappa shape index (κ1) is 15.2. The van der Waals surface area contributed by atoms with Gasteiger partial charge in [0.15, 0.2) is 0 Å². The molecule has 1 N–H and O–H groups in total. The van der Waals surface area contributed by atoms with Crippen LogP contribution < -0.4 is 10.2 Å². The van der Waals surface area contributed by atoms with Crippen molar-refractivity contribution in [3.8, 4) is 0 Å². The third-order valence-corrected chi connectivity index (χ3v) is 4.28. The molecule has 1 aromatic carbocycles. The van der Waals surface area contributed by atoms with Crippen molar-refractivity contribution in [2.24, 2.45) is 0 Å². The molecule has 0 fully saturated rings. The summed E-state index contributed by atoms with van der Waals surface area (Å²) in [6, 6.07) is 7.48. The summed E-state index contributed by atoms with van der Waals surface area (Å²) in [6.07, 6.45) is 4.79. The fraction of sp³-hybridized carbons (Fsp3) is 0.647. The smallest absolute Gasteiger partial charge is 0.0637 e. The van der Waals surface area contributed by atoms with Crippen LogP contribution in [-0.2, 0) is 11.2 Å². The van der Waals surface area contributed by atoms with Crippen molar-refractivity contribution >= 4 is 11.4 Å². The van der Waals surface area contributed by atoms with E-state index in [9.17, 15) is 0 Å². The predicted molar refractivity (Wildman–Crippen MR) is 86.8 cm³/mol. The molecule has 20 heavy (non-hydrogen) atoms. The molecule has 1 aromatic rings. The van der Waals surface area contributed by atoms with Gasteiger partial charge in [0.25, 0.3) is 0 Å². The number of aryl methyl sites for hydroxylation is 1. The molecule has 0 spiro atoms. The second kappa shape index (κ2) is 7.53. The van der Waals surface area contributed by atoms with E-state index in [4.69, 9.17) is 4.74 Å². The van der Waals surface area contributed by atoms with Crippen LogP contribution in [0.5, 0.6) is 0 Å². The minimum absolute atomic E-state index is 0.590.